The summed E-state index contributed by atoms with van der Waals surface area (Å²) in [7, 11) is 0. The SMILES string of the molecule is CCCCCCCCCCCC/C=C/C(O)C(CO)NC(=O)CCCCCCCCCCCCCCCCCC/C=C\CCCCCCCCCCCCCCOC(=O)CCCCCCCCCCCCCCCCC. The lowest BCUT2D eigenvalue weighted by Gasteiger charge is -2.20. The molecular weight excluding hydrogens is 935 g/mol. The number of esters is 1. The minimum atomic E-state index is -0.841. The van der Waals surface area contributed by atoms with Gasteiger partial charge in [0.2, 0.25) is 5.91 Å². The first-order chi connectivity index (χ1) is 37.5. The van der Waals surface area contributed by atoms with Gasteiger partial charge in [0.1, 0.15) is 0 Å². The molecule has 6 heteroatoms. The lowest BCUT2D eigenvalue weighted by atomic mass is 10.0. The van der Waals surface area contributed by atoms with E-state index in [2.05, 4.69) is 31.3 Å². The van der Waals surface area contributed by atoms with Crippen molar-refractivity contribution < 1.29 is 24.5 Å². The third-order valence-electron chi connectivity index (χ3n) is 16.2. The van der Waals surface area contributed by atoms with E-state index in [1.807, 2.05) is 6.08 Å². The molecule has 2 unspecified atom stereocenters. The highest BCUT2D eigenvalue weighted by molar-refractivity contribution is 5.76. The summed E-state index contributed by atoms with van der Waals surface area (Å²) >= 11 is 0. The predicted octanol–water partition coefficient (Wildman–Crippen LogP) is 22.1. The first-order valence-electron chi connectivity index (χ1n) is 34.6. The second kappa shape index (κ2) is 65.9. The Balaban J connectivity index is 3.34. The van der Waals surface area contributed by atoms with E-state index in [0.717, 1.165) is 38.5 Å². The van der Waals surface area contributed by atoms with E-state index < -0.39 is 12.1 Å². The molecule has 1 amide bonds. The summed E-state index contributed by atoms with van der Waals surface area (Å²) in [5, 5.41) is 23.1. The zero-order valence-electron chi connectivity index (χ0n) is 51.5. The van der Waals surface area contributed by atoms with Crippen LogP contribution in [0.3, 0.4) is 0 Å². The Morgan fingerprint density at radius 1 is 0.355 bits per heavy atom. The van der Waals surface area contributed by atoms with Crippen molar-refractivity contribution in [2.75, 3.05) is 13.2 Å². The topological polar surface area (TPSA) is 95.9 Å². The summed E-state index contributed by atoms with van der Waals surface area (Å²) in [5.41, 5.74) is 0. The maximum absolute atomic E-state index is 12.4. The Morgan fingerprint density at radius 2 is 0.618 bits per heavy atom. The number of hydrogen-bond acceptors (Lipinski definition) is 5. The van der Waals surface area contributed by atoms with Crippen molar-refractivity contribution in [3.05, 3.63) is 24.3 Å². The molecule has 0 aromatic heterocycles. The van der Waals surface area contributed by atoms with Crippen molar-refractivity contribution >= 4 is 11.9 Å². The number of hydrogen-bond donors (Lipinski definition) is 3. The van der Waals surface area contributed by atoms with Gasteiger partial charge < -0.3 is 20.3 Å². The number of aliphatic hydroxyl groups is 2. The van der Waals surface area contributed by atoms with Gasteiger partial charge in [-0.25, -0.2) is 0 Å². The fourth-order valence-corrected chi connectivity index (χ4v) is 10.9. The van der Waals surface area contributed by atoms with E-state index in [1.165, 1.54) is 321 Å². The monoisotopic (exact) mass is 1070 g/mol. The second-order valence-corrected chi connectivity index (χ2v) is 23.9. The van der Waals surface area contributed by atoms with Gasteiger partial charge in [-0.2, -0.15) is 0 Å². The standard InChI is InChI=1S/C70H135NO5/c1-3-5-7-9-11-13-15-17-36-40-44-48-52-56-60-64-70(75)76-65-61-57-53-49-45-41-38-35-33-31-29-27-25-23-21-19-18-20-22-24-26-28-30-32-34-37-39-43-47-51-55-59-63-69(74)71-67(66-72)68(73)62-58-54-50-46-42-16-14-12-10-8-6-4-2/h21,23,58,62,67-68,72-73H,3-20,22,24-57,59-61,63-66H2,1-2H3,(H,71,74)/b23-21-,62-58+. The van der Waals surface area contributed by atoms with Crippen LogP contribution in [-0.4, -0.2) is 47.4 Å². The second-order valence-electron chi connectivity index (χ2n) is 23.9. The van der Waals surface area contributed by atoms with Crippen LogP contribution < -0.4 is 5.32 Å². The summed E-state index contributed by atoms with van der Waals surface area (Å²) in [5.74, 6) is -0.0431. The summed E-state index contributed by atoms with van der Waals surface area (Å²) in [6.07, 6.45) is 82.6. The number of unbranched alkanes of at least 4 members (excludes halogenated alkanes) is 52. The molecule has 0 heterocycles. The predicted molar refractivity (Wildman–Crippen MR) is 333 cm³/mol. The van der Waals surface area contributed by atoms with Crippen LogP contribution >= 0.6 is 0 Å². The molecule has 2 atom stereocenters. The van der Waals surface area contributed by atoms with Gasteiger partial charge in [-0.1, -0.05) is 340 Å². The van der Waals surface area contributed by atoms with Gasteiger partial charge in [-0.3, -0.25) is 9.59 Å². The molecule has 0 fully saturated rings. The highest BCUT2D eigenvalue weighted by Crippen LogP contribution is 2.18. The molecule has 450 valence electrons. The number of carbonyl (C=O) groups is 2. The summed E-state index contributed by atoms with van der Waals surface area (Å²) in [6.45, 7) is 4.93. The molecule has 76 heavy (non-hydrogen) atoms. The lowest BCUT2D eigenvalue weighted by Crippen LogP contribution is -2.45. The molecular formula is C70H135NO5. The molecule has 3 N–H and O–H groups in total. The first-order valence-corrected chi connectivity index (χ1v) is 34.6. The third kappa shape index (κ3) is 61.6. The van der Waals surface area contributed by atoms with Crippen LogP contribution in [0.5, 0.6) is 0 Å². The minimum absolute atomic E-state index is 0.0213. The Kier molecular flexibility index (Phi) is 64.4. The number of nitrogens with one attached hydrogen (secondary N) is 1. The van der Waals surface area contributed by atoms with E-state index in [4.69, 9.17) is 4.74 Å². The van der Waals surface area contributed by atoms with Crippen LogP contribution in [0, 0.1) is 0 Å². The number of amides is 1. The molecule has 0 aliphatic heterocycles. The van der Waals surface area contributed by atoms with Gasteiger partial charge in [0.15, 0.2) is 0 Å². The number of allylic oxidation sites excluding steroid dienone is 3. The number of carbonyl (C=O) groups excluding carboxylic acids is 2. The van der Waals surface area contributed by atoms with Gasteiger partial charge in [0.25, 0.3) is 0 Å². The van der Waals surface area contributed by atoms with Gasteiger partial charge in [0, 0.05) is 12.8 Å². The lowest BCUT2D eigenvalue weighted by molar-refractivity contribution is -0.143. The Bertz CT molecular complexity index is 1190. The van der Waals surface area contributed by atoms with Crippen molar-refractivity contribution in [3.8, 4) is 0 Å². The largest absolute Gasteiger partial charge is 0.466 e. The third-order valence-corrected chi connectivity index (χ3v) is 16.2. The van der Waals surface area contributed by atoms with E-state index in [0.29, 0.717) is 19.4 Å². The fourth-order valence-electron chi connectivity index (χ4n) is 10.9. The van der Waals surface area contributed by atoms with E-state index in [-0.39, 0.29) is 18.5 Å². The van der Waals surface area contributed by atoms with Gasteiger partial charge in [-0.05, 0) is 57.8 Å². The van der Waals surface area contributed by atoms with Crippen molar-refractivity contribution in [3.63, 3.8) is 0 Å². The Hall–Kier alpha value is -1.66. The van der Waals surface area contributed by atoms with E-state index in [9.17, 15) is 19.8 Å². The van der Waals surface area contributed by atoms with Crippen LogP contribution in [0.4, 0.5) is 0 Å². The highest BCUT2D eigenvalue weighted by Gasteiger charge is 2.18. The fraction of sp³-hybridized carbons (Fsp3) is 0.914. The number of rotatable bonds is 65. The van der Waals surface area contributed by atoms with Crippen LogP contribution in [0.1, 0.15) is 386 Å². The molecule has 0 aliphatic rings. The van der Waals surface area contributed by atoms with E-state index in [1.54, 1.807) is 6.08 Å². The van der Waals surface area contributed by atoms with Crippen molar-refractivity contribution in [2.45, 2.75) is 398 Å². The summed E-state index contributed by atoms with van der Waals surface area (Å²) in [6, 6.07) is -0.624. The normalized spacial score (nSPS) is 12.6. The van der Waals surface area contributed by atoms with Crippen LogP contribution in [0.25, 0.3) is 0 Å². The van der Waals surface area contributed by atoms with Crippen LogP contribution in [-0.2, 0) is 14.3 Å². The molecule has 0 aromatic rings. The minimum Gasteiger partial charge on any atom is -0.466 e. The van der Waals surface area contributed by atoms with Gasteiger partial charge in [0.05, 0.1) is 25.4 Å². The van der Waals surface area contributed by atoms with E-state index >= 15 is 0 Å². The molecule has 0 saturated carbocycles. The van der Waals surface area contributed by atoms with Crippen molar-refractivity contribution in [1.82, 2.24) is 5.32 Å². The Morgan fingerprint density at radius 3 is 0.934 bits per heavy atom. The molecule has 0 radical (unpaired) electrons. The molecule has 0 spiro atoms. The number of ether oxygens (including phenoxy) is 1. The average molecular weight is 1070 g/mol. The van der Waals surface area contributed by atoms with Crippen molar-refractivity contribution in [2.24, 2.45) is 0 Å². The molecule has 0 bridgehead atoms. The molecule has 0 aromatic carbocycles. The Labute approximate surface area is 475 Å². The molecule has 0 saturated heterocycles. The summed E-state index contributed by atoms with van der Waals surface area (Å²) in [4.78, 5) is 24.5. The summed E-state index contributed by atoms with van der Waals surface area (Å²) < 4.78 is 5.50. The highest BCUT2D eigenvalue weighted by atomic mass is 16.5. The maximum atomic E-state index is 12.4. The maximum Gasteiger partial charge on any atom is 0.305 e. The van der Waals surface area contributed by atoms with Gasteiger partial charge in [-0.15, -0.1) is 0 Å². The van der Waals surface area contributed by atoms with Crippen LogP contribution in [0.2, 0.25) is 0 Å². The number of aliphatic hydroxyl groups excluding tert-OH is 2. The first kappa shape index (κ1) is 74.3. The van der Waals surface area contributed by atoms with Gasteiger partial charge >= 0.3 is 5.97 Å². The zero-order chi connectivity index (χ0) is 55.0. The zero-order valence-corrected chi connectivity index (χ0v) is 51.5. The molecule has 6 nitrogen and oxygen atoms in total. The quantitative estimate of drug-likeness (QED) is 0.0320. The smallest absolute Gasteiger partial charge is 0.305 e. The molecule has 0 rings (SSSR count). The van der Waals surface area contributed by atoms with Crippen LogP contribution in [0.15, 0.2) is 24.3 Å². The average Bonchev–Trinajstić information content (AvgIpc) is 3.42. The molecule has 0 aliphatic carbocycles. The van der Waals surface area contributed by atoms with Crippen molar-refractivity contribution in [1.29, 1.82) is 0 Å².